The number of furan rings is 1. The molecule has 0 bridgehead atoms. The van der Waals surface area contributed by atoms with Crippen LogP contribution >= 0.6 is 39.1 Å². The predicted molar refractivity (Wildman–Crippen MR) is 124 cm³/mol. The quantitative estimate of drug-likeness (QED) is 0.195. The molecule has 9 nitrogen and oxygen atoms in total. The number of hydrogen-bond donors (Lipinski definition) is 1. The van der Waals surface area contributed by atoms with E-state index >= 15 is 0 Å². The number of nitrogens with zero attached hydrogens (tertiary/aromatic N) is 2. The summed E-state index contributed by atoms with van der Waals surface area (Å²) in [6.45, 7) is 0. The summed E-state index contributed by atoms with van der Waals surface area (Å²) in [7, 11) is 0. The molecule has 0 radical (unpaired) electrons. The van der Waals surface area contributed by atoms with Gasteiger partial charge in [0.05, 0.1) is 20.7 Å². The van der Waals surface area contributed by atoms with Crippen LogP contribution < -0.4 is 10.2 Å². The van der Waals surface area contributed by atoms with Crippen molar-refractivity contribution >= 4 is 74.4 Å². The van der Waals surface area contributed by atoms with Gasteiger partial charge in [-0.3, -0.25) is 25.0 Å². The number of carbonyl (C=O) groups excluding carboxylic acids is 3. The molecule has 1 aliphatic rings. The van der Waals surface area contributed by atoms with Crippen LogP contribution in [-0.4, -0.2) is 22.8 Å². The second-order valence-corrected chi connectivity index (χ2v) is 8.29. The van der Waals surface area contributed by atoms with E-state index in [0.29, 0.717) is 20.7 Å². The van der Waals surface area contributed by atoms with E-state index < -0.39 is 22.8 Å². The number of imide groups is 2. The van der Waals surface area contributed by atoms with Crippen molar-refractivity contribution in [3.8, 4) is 11.3 Å². The van der Waals surface area contributed by atoms with Crippen LogP contribution in [0.5, 0.6) is 0 Å². The summed E-state index contributed by atoms with van der Waals surface area (Å²) in [6.07, 6.45) is 1.18. The van der Waals surface area contributed by atoms with Crippen LogP contribution in [0, 0.1) is 10.1 Å². The van der Waals surface area contributed by atoms with Gasteiger partial charge >= 0.3 is 6.03 Å². The zero-order valence-electron chi connectivity index (χ0n) is 16.2. The first-order chi connectivity index (χ1) is 15.7. The number of nitro groups is 1. The molecule has 12 heteroatoms. The third-order valence-electron chi connectivity index (χ3n) is 4.62. The Hall–Kier alpha value is -3.47. The van der Waals surface area contributed by atoms with Gasteiger partial charge in [-0.05, 0) is 52.3 Å². The predicted octanol–water partition coefficient (Wildman–Crippen LogP) is 5.59. The van der Waals surface area contributed by atoms with Gasteiger partial charge in [-0.2, -0.15) is 0 Å². The van der Waals surface area contributed by atoms with Crippen LogP contribution in [0.15, 0.2) is 63.0 Å². The average Bonchev–Trinajstić information content (AvgIpc) is 3.22. The van der Waals surface area contributed by atoms with E-state index in [1.54, 1.807) is 6.07 Å². The number of urea groups is 1. The summed E-state index contributed by atoms with van der Waals surface area (Å²) in [5, 5.41) is 13.1. The summed E-state index contributed by atoms with van der Waals surface area (Å²) in [4.78, 5) is 48.8. The highest BCUT2D eigenvalue weighted by Gasteiger charge is 2.38. The van der Waals surface area contributed by atoms with Crippen LogP contribution in [0.3, 0.4) is 0 Å². The smallest absolute Gasteiger partial charge is 0.336 e. The second-order valence-electron chi connectivity index (χ2n) is 6.65. The molecule has 0 unspecified atom stereocenters. The van der Waals surface area contributed by atoms with E-state index in [-0.39, 0.29) is 32.8 Å². The Morgan fingerprint density at radius 3 is 2.55 bits per heavy atom. The van der Waals surface area contributed by atoms with Gasteiger partial charge in [0.1, 0.15) is 17.1 Å². The van der Waals surface area contributed by atoms with Crippen molar-refractivity contribution in [2.45, 2.75) is 0 Å². The monoisotopic (exact) mass is 549 g/mol. The molecule has 1 aromatic heterocycles. The van der Waals surface area contributed by atoms with E-state index in [1.165, 1.54) is 48.5 Å². The number of nitro benzene ring substituents is 1. The lowest BCUT2D eigenvalue weighted by Gasteiger charge is -2.27. The first-order valence-corrected chi connectivity index (χ1v) is 10.6. The Balaban J connectivity index is 1.69. The Labute approximate surface area is 203 Å². The van der Waals surface area contributed by atoms with E-state index in [9.17, 15) is 24.5 Å². The minimum Gasteiger partial charge on any atom is -0.457 e. The molecule has 0 saturated carbocycles. The van der Waals surface area contributed by atoms with E-state index in [2.05, 4.69) is 21.2 Å². The molecule has 0 aliphatic carbocycles. The van der Waals surface area contributed by atoms with Gasteiger partial charge in [-0.15, -0.1) is 0 Å². The third kappa shape index (κ3) is 4.28. The minimum absolute atomic E-state index is 0.0139. The molecule has 4 amide bonds. The summed E-state index contributed by atoms with van der Waals surface area (Å²) in [5.41, 5.74) is 0.0648. The van der Waals surface area contributed by atoms with Gasteiger partial charge in [0.15, 0.2) is 0 Å². The molecule has 2 aromatic carbocycles. The van der Waals surface area contributed by atoms with Gasteiger partial charge in [0.2, 0.25) is 0 Å². The van der Waals surface area contributed by atoms with Crippen LogP contribution in [0.1, 0.15) is 5.76 Å². The van der Waals surface area contributed by atoms with Crippen molar-refractivity contribution in [2.24, 2.45) is 0 Å². The maximum Gasteiger partial charge on any atom is 0.336 e. The van der Waals surface area contributed by atoms with Gasteiger partial charge < -0.3 is 4.42 Å². The van der Waals surface area contributed by atoms with Crippen molar-refractivity contribution < 1.29 is 23.7 Å². The van der Waals surface area contributed by atoms with Crippen molar-refractivity contribution in [2.75, 3.05) is 4.90 Å². The molecule has 1 aliphatic heterocycles. The van der Waals surface area contributed by atoms with Gasteiger partial charge in [0.25, 0.3) is 17.5 Å². The van der Waals surface area contributed by atoms with Gasteiger partial charge in [-0.25, -0.2) is 9.69 Å². The Kier molecular flexibility index (Phi) is 6.07. The number of carbonyl (C=O) groups is 3. The third-order valence-corrected chi connectivity index (χ3v) is 6.08. The number of rotatable bonds is 4. The van der Waals surface area contributed by atoms with E-state index in [0.717, 1.165) is 0 Å². The van der Waals surface area contributed by atoms with Crippen molar-refractivity contribution in [1.82, 2.24) is 5.32 Å². The Morgan fingerprint density at radius 1 is 1.09 bits per heavy atom. The fraction of sp³-hybridized carbons (Fsp3) is 0. The zero-order chi connectivity index (χ0) is 23.9. The molecule has 1 saturated heterocycles. The number of non-ortho nitro benzene ring substituents is 1. The largest absolute Gasteiger partial charge is 0.457 e. The molecular formula is C21H10BrCl2N3O6. The SMILES string of the molecule is O=C1NC(=O)N(c2cccc(Cl)c2Cl)C(=O)/C1=C\c1ccc(-c2ccc([N+](=O)[O-])cc2Br)o1. The van der Waals surface area contributed by atoms with Crippen LogP contribution in [0.25, 0.3) is 17.4 Å². The number of amides is 4. The zero-order valence-corrected chi connectivity index (χ0v) is 19.3. The first kappa shape index (κ1) is 22.7. The fourth-order valence-corrected chi connectivity index (χ4v) is 4.02. The number of hydrogen-bond acceptors (Lipinski definition) is 6. The lowest BCUT2D eigenvalue weighted by molar-refractivity contribution is -0.384. The van der Waals surface area contributed by atoms with Crippen LogP contribution in [0.2, 0.25) is 10.0 Å². The highest BCUT2D eigenvalue weighted by molar-refractivity contribution is 9.10. The maximum absolute atomic E-state index is 13.0. The fourth-order valence-electron chi connectivity index (χ4n) is 3.08. The molecule has 3 aromatic rings. The standard InChI is InChI=1S/C21H10BrCl2N3O6/c22-14-8-10(27(31)32)4-6-12(14)17-7-5-11(33-17)9-13-19(28)25-21(30)26(20(13)29)16-3-1-2-15(23)18(16)24/h1-9H,(H,25,28,30)/b13-9-. The van der Waals surface area contributed by atoms with Crippen molar-refractivity contribution in [3.05, 3.63) is 84.5 Å². The van der Waals surface area contributed by atoms with Gasteiger partial charge in [-0.1, -0.05) is 29.3 Å². The Bertz CT molecular complexity index is 1380. The summed E-state index contributed by atoms with van der Waals surface area (Å²) >= 11 is 15.4. The van der Waals surface area contributed by atoms with Crippen LogP contribution in [-0.2, 0) is 9.59 Å². The average molecular weight is 551 g/mol. The molecule has 166 valence electrons. The molecule has 2 heterocycles. The number of anilines is 1. The molecule has 33 heavy (non-hydrogen) atoms. The summed E-state index contributed by atoms with van der Waals surface area (Å²) < 4.78 is 6.12. The van der Waals surface area contributed by atoms with Crippen LogP contribution in [0.4, 0.5) is 16.2 Å². The topological polar surface area (TPSA) is 123 Å². The van der Waals surface area contributed by atoms with Crippen molar-refractivity contribution in [3.63, 3.8) is 0 Å². The maximum atomic E-state index is 13.0. The Morgan fingerprint density at radius 2 is 1.85 bits per heavy atom. The lowest BCUT2D eigenvalue weighted by atomic mass is 10.1. The molecule has 4 rings (SSSR count). The lowest BCUT2D eigenvalue weighted by Crippen LogP contribution is -2.54. The number of nitrogens with one attached hydrogen (secondary N) is 1. The highest BCUT2D eigenvalue weighted by Crippen LogP contribution is 2.35. The van der Waals surface area contributed by atoms with Crippen molar-refractivity contribution in [1.29, 1.82) is 0 Å². The molecule has 1 N–H and O–H groups in total. The summed E-state index contributed by atoms with van der Waals surface area (Å²) in [6, 6.07) is 10.6. The molecule has 0 atom stereocenters. The number of halogens is 3. The van der Waals surface area contributed by atoms with E-state index in [4.69, 9.17) is 27.6 Å². The minimum atomic E-state index is -0.971. The molecular weight excluding hydrogens is 541 g/mol. The van der Waals surface area contributed by atoms with E-state index in [1.807, 2.05) is 0 Å². The highest BCUT2D eigenvalue weighted by atomic mass is 79.9. The van der Waals surface area contributed by atoms with Gasteiger partial charge in [0, 0.05) is 22.2 Å². The number of benzene rings is 2. The second kappa shape index (κ2) is 8.81. The molecule has 1 fully saturated rings. The molecule has 0 spiro atoms. The normalized spacial score (nSPS) is 15.2. The number of barbiturate groups is 1. The first-order valence-electron chi connectivity index (χ1n) is 9.07. The summed E-state index contributed by atoms with van der Waals surface area (Å²) in [5.74, 6) is -1.35.